The molecular formula is C16H27N3O2S. The van der Waals surface area contributed by atoms with Crippen LogP contribution in [0.1, 0.15) is 23.8 Å². The lowest BCUT2D eigenvalue weighted by molar-refractivity contribution is -0.122. The predicted molar refractivity (Wildman–Crippen MR) is 90.1 cm³/mol. The van der Waals surface area contributed by atoms with E-state index in [0.29, 0.717) is 13.1 Å². The second kappa shape index (κ2) is 8.62. The first-order chi connectivity index (χ1) is 10.6. The Morgan fingerprint density at radius 3 is 2.68 bits per heavy atom. The molecule has 1 saturated heterocycles. The minimum atomic E-state index is 0.0930. The summed E-state index contributed by atoms with van der Waals surface area (Å²) in [7, 11) is 0. The highest BCUT2D eigenvalue weighted by Gasteiger charge is 2.23. The molecule has 2 rings (SSSR count). The molecule has 1 aromatic heterocycles. The number of aliphatic hydroxyl groups excluding tert-OH is 1. The molecule has 1 aliphatic heterocycles. The van der Waals surface area contributed by atoms with Crippen LogP contribution < -0.4 is 5.32 Å². The second-order valence-corrected chi connectivity index (χ2v) is 6.86. The number of carbonyl (C=O) groups is 1. The minimum absolute atomic E-state index is 0.0930. The van der Waals surface area contributed by atoms with Crippen molar-refractivity contribution in [1.82, 2.24) is 15.1 Å². The summed E-state index contributed by atoms with van der Waals surface area (Å²) in [5.41, 5.74) is 1.24. The standard InChI is InChI=1S/C16H27N3O2S/c1-3-14(12-20)19-7-5-18(6-8-19)11-16(21)17-10-15-13(2)4-9-22-15/h4,9,14,20H,3,5-8,10-12H2,1-2H3,(H,17,21). The van der Waals surface area contributed by atoms with Crippen LogP contribution in [0.4, 0.5) is 0 Å². The summed E-state index contributed by atoms with van der Waals surface area (Å²) in [5, 5.41) is 14.4. The minimum Gasteiger partial charge on any atom is -0.395 e. The predicted octanol–water partition coefficient (Wildman–Crippen LogP) is 1.06. The average Bonchev–Trinajstić information content (AvgIpc) is 2.93. The van der Waals surface area contributed by atoms with Gasteiger partial charge in [-0.15, -0.1) is 11.3 Å². The van der Waals surface area contributed by atoms with Crippen LogP contribution in [0, 0.1) is 6.92 Å². The van der Waals surface area contributed by atoms with Gasteiger partial charge in [0.15, 0.2) is 0 Å². The summed E-state index contributed by atoms with van der Waals surface area (Å²) < 4.78 is 0. The number of rotatable bonds is 7. The number of amides is 1. The van der Waals surface area contributed by atoms with Crippen LogP contribution >= 0.6 is 11.3 Å². The van der Waals surface area contributed by atoms with Gasteiger partial charge in [0.05, 0.1) is 19.7 Å². The van der Waals surface area contributed by atoms with E-state index < -0.39 is 0 Å². The molecule has 0 aromatic carbocycles. The van der Waals surface area contributed by atoms with Crippen molar-refractivity contribution in [3.63, 3.8) is 0 Å². The number of nitrogens with one attached hydrogen (secondary N) is 1. The molecule has 1 fully saturated rings. The molecule has 2 N–H and O–H groups in total. The number of piperazine rings is 1. The lowest BCUT2D eigenvalue weighted by Crippen LogP contribution is -2.53. The zero-order chi connectivity index (χ0) is 15.9. The first-order valence-electron chi connectivity index (χ1n) is 8.01. The zero-order valence-corrected chi connectivity index (χ0v) is 14.4. The zero-order valence-electron chi connectivity index (χ0n) is 13.5. The summed E-state index contributed by atoms with van der Waals surface area (Å²) in [5.74, 6) is 0.0930. The summed E-state index contributed by atoms with van der Waals surface area (Å²) in [6, 6.07) is 2.34. The molecule has 0 aliphatic carbocycles. The van der Waals surface area contributed by atoms with E-state index in [4.69, 9.17) is 0 Å². The van der Waals surface area contributed by atoms with E-state index in [1.165, 1.54) is 10.4 Å². The Morgan fingerprint density at radius 2 is 2.14 bits per heavy atom. The van der Waals surface area contributed by atoms with Gasteiger partial charge in [0.1, 0.15) is 0 Å². The highest BCUT2D eigenvalue weighted by Crippen LogP contribution is 2.14. The van der Waals surface area contributed by atoms with Crippen molar-refractivity contribution in [1.29, 1.82) is 0 Å². The van der Waals surface area contributed by atoms with Gasteiger partial charge in [0, 0.05) is 37.1 Å². The topological polar surface area (TPSA) is 55.8 Å². The maximum atomic E-state index is 12.0. The molecule has 22 heavy (non-hydrogen) atoms. The molecule has 1 amide bonds. The number of hydrogen-bond donors (Lipinski definition) is 2. The third-order valence-electron chi connectivity index (χ3n) is 4.39. The van der Waals surface area contributed by atoms with Gasteiger partial charge in [0.2, 0.25) is 5.91 Å². The summed E-state index contributed by atoms with van der Waals surface area (Å²) in [4.78, 5) is 17.8. The summed E-state index contributed by atoms with van der Waals surface area (Å²) in [6.45, 7) is 9.13. The van der Waals surface area contributed by atoms with E-state index in [1.54, 1.807) is 11.3 Å². The fourth-order valence-corrected chi connectivity index (χ4v) is 3.66. The number of aliphatic hydroxyl groups is 1. The molecule has 1 aliphatic rings. The lowest BCUT2D eigenvalue weighted by atomic mass is 10.1. The SMILES string of the molecule is CCC(CO)N1CCN(CC(=O)NCc2sccc2C)CC1. The largest absolute Gasteiger partial charge is 0.395 e. The monoisotopic (exact) mass is 325 g/mol. The van der Waals surface area contributed by atoms with Gasteiger partial charge >= 0.3 is 0 Å². The van der Waals surface area contributed by atoms with Crippen molar-refractivity contribution in [3.05, 3.63) is 21.9 Å². The van der Waals surface area contributed by atoms with Crippen LogP contribution in [0.25, 0.3) is 0 Å². The molecule has 0 bridgehead atoms. The van der Waals surface area contributed by atoms with Crippen molar-refractivity contribution < 1.29 is 9.90 Å². The van der Waals surface area contributed by atoms with Crippen LogP contribution in [0.3, 0.4) is 0 Å². The third kappa shape index (κ3) is 4.78. The second-order valence-electron chi connectivity index (χ2n) is 5.86. The molecule has 0 spiro atoms. The van der Waals surface area contributed by atoms with Crippen molar-refractivity contribution in [3.8, 4) is 0 Å². The Kier molecular flexibility index (Phi) is 6.82. The molecule has 1 aromatic rings. The van der Waals surface area contributed by atoms with Crippen LogP contribution in [0.2, 0.25) is 0 Å². The van der Waals surface area contributed by atoms with Gasteiger partial charge in [-0.05, 0) is 30.4 Å². The molecule has 1 unspecified atom stereocenters. The van der Waals surface area contributed by atoms with Crippen LogP contribution in [-0.2, 0) is 11.3 Å². The third-order valence-corrected chi connectivity index (χ3v) is 5.41. The maximum Gasteiger partial charge on any atom is 0.234 e. The van der Waals surface area contributed by atoms with Gasteiger partial charge in [-0.3, -0.25) is 14.6 Å². The van der Waals surface area contributed by atoms with Crippen LogP contribution in [-0.4, -0.2) is 66.2 Å². The first kappa shape index (κ1) is 17.4. The molecular weight excluding hydrogens is 298 g/mol. The van der Waals surface area contributed by atoms with Gasteiger partial charge in [0.25, 0.3) is 0 Å². The first-order valence-corrected chi connectivity index (χ1v) is 8.89. The van der Waals surface area contributed by atoms with Crippen molar-refractivity contribution in [2.24, 2.45) is 0 Å². The van der Waals surface area contributed by atoms with E-state index in [1.807, 2.05) is 0 Å². The van der Waals surface area contributed by atoms with Gasteiger partial charge in [-0.1, -0.05) is 6.92 Å². The highest BCUT2D eigenvalue weighted by molar-refractivity contribution is 7.10. The Bertz CT molecular complexity index is 466. The number of thiophene rings is 1. The van der Waals surface area contributed by atoms with Gasteiger partial charge < -0.3 is 10.4 Å². The Labute approximate surface area is 136 Å². The van der Waals surface area contributed by atoms with E-state index >= 15 is 0 Å². The van der Waals surface area contributed by atoms with E-state index in [0.717, 1.165) is 32.6 Å². The molecule has 0 radical (unpaired) electrons. The maximum absolute atomic E-state index is 12.0. The van der Waals surface area contributed by atoms with Crippen molar-refractivity contribution >= 4 is 17.2 Å². The van der Waals surface area contributed by atoms with Gasteiger partial charge in [-0.25, -0.2) is 0 Å². The van der Waals surface area contributed by atoms with Crippen LogP contribution in [0.5, 0.6) is 0 Å². The van der Waals surface area contributed by atoms with Crippen molar-refractivity contribution in [2.75, 3.05) is 39.3 Å². The molecule has 124 valence electrons. The number of aryl methyl sites for hydroxylation is 1. The molecule has 1 atom stereocenters. The fraction of sp³-hybridized carbons (Fsp3) is 0.688. The number of carbonyl (C=O) groups excluding carboxylic acids is 1. The Morgan fingerprint density at radius 1 is 1.41 bits per heavy atom. The highest BCUT2D eigenvalue weighted by atomic mass is 32.1. The van der Waals surface area contributed by atoms with Gasteiger partial charge in [-0.2, -0.15) is 0 Å². The normalized spacial score (nSPS) is 18.3. The summed E-state index contributed by atoms with van der Waals surface area (Å²) in [6.07, 6.45) is 0.969. The van der Waals surface area contributed by atoms with E-state index in [2.05, 4.69) is 40.4 Å². The van der Waals surface area contributed by atoms with E-state index in [9.17, 15) is 9.90 Å². The number of hydrogen-bond acceptors (Lipinski definition) is 5. The lowest BCUT2D eigenvalue weighted by Gasteiger charge is -2.38. The molecule has 6 heteroatoms. The quantitative estimate of drug-likeness (QED) is 0.787. The van der Waals surface area contributed by atoms with E-state index in [-0.39, 0.29) is 18.6 Å². The van der Waals surface area contributed by atoms with Crippen LogP contribution in [0.15, 0.2) is 11.4 Å². The molecule has 0 saturated carbocycles. The smallest absolute Gasteiger partial charge is 0.234 e. The Hall–Kier alpha value is -0.950. The fourth-order valence-electron chi connectivity index (χ4n) is 2.81. The van der Waals surface area contributed by atoms with Crippen molar-refractivity contribution in [2.45, 2.75) is 32.9 Å². The Balaban J connectivity index is 1.69. The molecule has 2 heterocycles. The summed E-state index contributed by atoms with van der Waals surface area (Å²) >= 11 is 1.69. The average molecular weight is 325 g/mol. The number of nitrogens with zero attached hydrogens (tertiary/aromatic N) is 2. The molecule has 5 nitrogen and oxygen atoms in total.